The molecule has 3 N–H and O–H groups in total. The molecule has 8 aliphatic carbocycles. The fourth-order valence-electron chi connectivity index (χ4n) is 19.7. The predicted molar refractivity (Wildman–Crippen MR) is 346 cm³/mol. The highest BCUT2D eigenvalue weighted by Gasteiger charge is 2.67. The van der Waals surface area contributed by atoms with Crippen LogP contribution in [0.15, 0.2) is 0 Å². The van der Waals surface area contributed by atoms with Gasteiger partial charge in [-0.25, -0.2) is 4.79 Å². The topological polar surface area (TPSA) is 247 Å². The van der Waals surface area contributed by atoms with Crippen molar-refractivity contribution in [2.24, 2.45) is 136 Å². The number of carboxylic acids is 2. The van der Waals surface area contributed by atoms with E-state index in [0.29, 0.717) is 62.8 Å². The van der Waals surface area contributed by atoms with Crippen LogP contribution in [0.2, 0.25) is 0 Å². The average molecular weight is 1250 g/mol. The number of nitrogens with zero attached hydrogens (tertiary/aromatic N) is 1. The van der Waals surface area contributed by atoms with Crippen LogP contribution in [-0.4, -0.2) is 112 Å². The van der Waals surface area contributed by atoms with Crippen molar-refractivity contribution >= 4 is 47.9 Å². The Morgan fingerprint density at radius 1 is 0.511 bits per heavy atom. The monoisotopic (exact) mass is 1250 g/mol. The molecule has 2 saturated heterocycles. The first-order valence-electron chi connectivity index (χ1n) is 30.2. The molecule has 8 bridgehead atoms. The summed E-state index contributed by atoms with van der Waals surface area (Å²) < 4.78 is 28.5. The Bertz CT molecular complexity index is 2340. The third-order valence-corrected chi connectivity index (χ3v) is 22.6. The summed E-state index contributed by atoms with van der Waals surface area (Å²) in [5, 5.41) is 31.6. The standard InChI is InChI=1S/C61H89NO16.10CH4/c1-28-30-17-38(49(18-30)57(71)77-60(3,4)5)34(28)23-36-32-20-40(48(22-32)55(69)75-16-14-63)41(36)25-37-31-19-39(47(21-31)52(64)65)42(37)26-44-43(24-35-29(2)54(68)76-56(35)70)46-27-45(44)50(53(66)67)51(46)58(72)74-15-12-33-11-9-10-13-62(33)59(73)78-61(6,7)8;;;;;;;;;;/h28-51,63H,9-27H2,1-8H3,(H,64,65)(H,66,67);10*1H4. The molecule has 0 radical (unpaired) electrons. The first-order chi connectivity index (χ1) is 36.8. The molecule has 0 aromatic carbocycles. The highest BCUT2D eigenvalue weighted by atomic mass is 16.6. The van der Waals surface area contributed by atoms with Gasteiger partial charge in [0.05, 0.1) is 54.6 Å². The largest absolute Gasteiger partial charge is 0.481 e. The Hall–Kier alpha value is -4.28. The van der Waals surface area contributed by atoms with Crippen LogP contribution in [-0.2, 0) is 57.2 Å². The number of aliphatic hydroxyl groups is 1. The number of likely N-dealkylation sites (tertiary alicyclic amines) is 1. The number of aliphatic carboxylic acids is 2. The van der Waals surface area contributed by atoms with E-state index in [1.807, 2.05) is 41.5 Å². The second-order valence-electron chi connectivity index (χ2n) is 28.6. The lowest BCUT2D eigenvalue weighted by molar-refractivity contribution is -0.164. The number of amides is 1. The van der Waals surface area contributed by atoms with Gasteiger partial charge in [0.2, 0.25) is 0 Å². The lowest BCUT2D eigenvalue weighted by Gasteiger charge is -2.45. The maximum absolute atomic E-state index is 14.5. The number of hydrogen-bond donors (Lipinski definition) is 3. The minimum Gasteiger partial charge on any atom is -0.481 e. The van der Waals surface area contributed by atoms with Gasteiger partial charge in [-0.1, -0.05) is 88.1 Å². The molecule has 24 unspecified atom stereocenters. The van der Waals surface area contributed by atoms with E-state index in [1.54, 1.807) is 11.8 Å². The van der Waals surface area contributed by atoms with Crippen molar-refractivity contribution < 1.29 is 77.4 Å². The van der Waals surface area contributed by atoms with Crippen LogP contribution in [0.4, 0.5) is 4.79 Å². The Labute approximate surface area is 533 Å². The number of piperidine rings is 1. The van der Waals surface area contributed by atoms with Crippen LogP contribution in [0.3, 0.4) is 0 Å². The number of carboxylic acid groups (broad SMARTS) is 2. The van der Waals surface area contributed by atoms with E-state index in [0.717, 1.165) is 51.4 Å². The Morgan fingerprint density at radius 3 is 1.52 bits per heavy atom. The number of ether oxygens (including phenoxy) is 5. The summed E-state index contributed by atoms with van der Waals surface area (Å²) in [6, 6.07) is -0.218. The van der Waals surface area contributed by atoms with Gasteiger partial charge >= 0.3 is 47.9 Å². The summed E-state index contributed by atoms with van der Waals surface area (Å²) in [4.78, 5) is 110. The van der Waals surface area contributed by atoms with Gasteiger partial charge in [-0.15, -0.1) is 0 Å². The van der Waals surface area contributed by atoms with Crippen molar-refractivity contribution in [2.45, 2.75) is 243 Å². The fourth-order valence-corrected chi connectivity index (χ4v) is 19.7. The number of carbonyl (C=O) groups excluding carboxylic acids is 6. The number of cyclic esters (lactones) is 2. The molecule has 514 valence electrons. The number of esters is 5. The smallest absolute Gasteiger partial charge is 0.410 e. The number of fused-ring (bicyclic) bond motifs is 8. The molecule has 1 amide bonds. The molecule has 17 heteroatoms. The van der Waals surface area contributed by atoms with Crippen molar-refractivity contribution in [1.29, 1.82) is 0 Å². The molecular formula is C71H129NO16. The van der Waals surface area contributed by atoms with Crippen molar-refractivity contribution in [3.8, 4) is 0 Å². The maximum atomic E-state index is 14.5. The normalized spacial score (nSPS) is 38.2. The van der Waals surface area contributed by atoms with Gasteiger partial charge in [0.15, 0.2) is 0 Å². The van der Waals surface area contributed by atoms with Gasteiger partial charge in [-0.2, -0.15) is 0 Å². The molecule has 10 fully saturated rings. The van der Waals surface area contributed by atoms with Crippen molar-refractivity contribution in [3.05, 3.63) is 0 Å². The predicted octanol–water partition coefficient (Wildman–Crippen LogP) is 14.8. The Morgan fingerprint density at radius 2 is 0.989 bits per heavy atom. The van der Waals surface area contributed by atoms with Crippen LogP contribution in [0.5, 0.6) is 0 Å². The first kappa shape index (κ1) is 83.7. The minimum atomic E-state index is -1.10. The van der Waals surface area contributed by atoms with Gasteiger partial charge in [-0.3, -0.25) is 33.6 Å². The number of carbonyl (C=O) groups is 8. The third-order valence-electron chi connectivity index (χ3n) is 22.6. The molecule has 0 spiro atoms. The number of rotatable bonds is 18. The molecule has 17 nitrogen and oxygen atoms in total. The molecular weight excluding hydrogens is 1120 g/mol. The van der Waals surface area contributed by atoms with Crippen LogP contribution in [0.1, 0.15) is 226 Å². The van der Waals surface area contributed by atoms with E-state index in [1.165, 1.54) is 0 Å². The molecule has 10 aliphatic rings. The zero-order chi connectivity index (χ0) is 56.0. The van der Waals surface area contributed by atoms with E-state index >= 15 is 0 Å². The van der Waals surface area contributed by atoms with Gasteiger partial charge in [0, 0.05) is 19.0 Å². The second-order valence-corrected chi connectivity index (χ2v) is 28.6. The molecule has 88 heavy (non-hydrogen) atoms. The summed E-state index contributed by atoms with van der Waals surface area (Å²) >= 11 is 0. The quantitative estimate of drug-likeness (QED) is 0.0656. The van der Waals surface area contributed by atoms with Gasteiger partial charge < -0.3 is 43.9 Å². The highest BCUT2D eigenvalue weighted by molar-refractivity contribution is 5.96. The average Bonchev–Trinajstić information content (AvgIpc) is 1.85. The Balaban J connectivity index is 0.00000757. The highest BCUT2D eigenvalue weighted by Crippen LogP contribution is 2.69. The van der Waals surface area contributed by atoms with Crippen LogP contribution >= 0.6 is 0 Å². The fraction of sp³-hybridized carbons (Fsp3) is 0.887. The van der Waals surface area contributed by atoms with E-state index in [-0.39, 0.29) is 195 Å². The Kier molecular flexibility index (Phi) is 30.8. The molecule has 24 atom stereocenters. The van der Waals surface area contributed by atoms with Crippen LogP contribution < -0.4 is 0 Å². The lowest BCUT2D eigenvalue weighted by atomic mass is 9.58. The van der Waals surface area contributed by atoms with Crippen molar-refractivity contribution in [3.63, 3.8) is 0 Å². The number of hydrogen-bond acceptors (Lipinski definition) is 14. The van der Waals surface area contributed by atoms with Gasteiger partial charge in [0.25, 0.3) is 0 Å². The molecule has 0 aromatic rings. The zero-order valence-electron chi connectivity index (χ0n) is 47.4. The van der Waals surface area contributed by atoms with E-state index in [9.17, 15) is 53.7 Å². The van der Waals surface area contributed by atoms with Gasteiger partial charge in [-0.05, 0) is 226 Å². The van der Waals surface area contributed by atoms with Gasteiger partial charge in [0.1, 0.15) is 17.8 Å². The molecule has 2 aliphatic heterocycles. The summed E-state index contributed by atoms with van der Waals surface area (Å²) in [6.45, 7) is 15.4. The third kappa shape index (κ3) is 15.9. The zero-order valence-corrected chi connectivity index (χ0v) is 47.4. The van der Waals surface area contributed by atoms with E-state index < -0.39 is 88.6 Å². The van der Waals surface area contributed by atoms with Crippen molar-refractivity contribution in [1.82, 2.24) is 4.90 Å². The van der Waals surface area contributed by atoms with E-state index in [4.69, 9.17) is 23.7 Å². The molecule has 8 saturated carbocycles. The molecule has 0 aromatic heterocycles. The minimum absolute atomic E-state index is 0. The van der Waals surface area contributed by atoms with Crippen molar-refractivity contribution in [2.75, 3.05) is 26.4 Å². The van der Waals surface area contributed by atoms with Crippen LogP contribution in [0, 0.1) is 136 Å². The lowest BCUT2D eigenvalue weighted by Crippen LogP contribution is -2.47. The summed E-state index contributed by atoms with van der Waals surface area (Å²) in [7, 11) is 0. The molecule has 2 heterocycles. The maximum Gasteiger partial charge on any atom is 0.410 e. The first-order valence-corrected chi connectivity index (χ1v) is 30.2. The summed E-state index contributed by atoms with van der Waals surface area (Å²) in [5.41, 5.74) is -1.27. The van der Waals surface area contributed by atoms with Crippen LogP contribution in [0.25, 0.3) is 0 Å². The number of aliphatic hydroxyl groups excluding tert-OH is 1. The second kappa shape index (κ2) is 32.3. The van der Waals surface area contributed by atoms with E-state index in [2.05, 4.69) is 6.92 Å². The summed E-state index contributed by atoms with van der Waals surface area (Å²) in [5.74, 6) is -8.32. The molecule has 10 rings (SSSR count). The SMILES string of the molecule is C.C.C.C.C.C.C.C.C.C.CC1C(=O)OC(=O)C1CC1C(CC2C(CC3C(CC4C(C)C5CC(C(=O)OC(C)(C)C)C4C5)C4CC(C(=O)OCCO)C3C4)C3CC(C(=O)O)C2C3)C2CC1C(C(=O)OCCC1CCCCN1C(=O)OC(C)(C)C)C2C(=O)O. The summed E-state index contributed by atoms with van der Waals surface area (Å²) in [6.07, 6.45) is 9.99.